The molecule has 3 rings (SSSR count). The van der Waals surface area contributed by atoms with Crippen molar-refractivity contribution in [1.82, 2.24) is 19.6 Å². The van der Waals surface area contributed by atoms with Crippen LogP contribution in [0.1, 0.15) is 17.2 Å². The summed E-state index contributed by atoms with van der Waals surface area (Å²) in [5, 5.41) is 4.54. The topological polar surface area (TPSA) is 50.6 Å². The summed E-state index contributed by atoms with van der Waals surface area (Å²) in [6, 6.07) is 3.96. The monoisotopic (exact) mass is 394 g/mol. The number of ether oxygens (including phenoxy) is 1. The molecule has 2 atom stereocenters. The fourth-order valence-corrected chi connectivity index (χ4v) is 3.75. The second-order valence-corrected chi connectivity index (χ2v) is 7.54. The number of amides is 1. The summed E-state index contributed by atoms with van der Waals surface area (Å²) in [5.41, 5.74) is 1.49. The van der Waals surface area contributed by atoms with Gasteiger partial charge in [0.2, 0.25) is 5.91 Å². The Morgan fingerprint density at radius 3 is 2.81 bits per heavy atom. The van der Waals surface area contributed by atoms with Crippen LogP contribution in [-0.4, -0.2) is 65.4 Å². The fourth-order valence-electron chi connectivity index (χ4n) is 3.50. The van der Waals surface area contributed by atoms with Gasteiger partial charge in [0, 0.05) is 36.9 Å². The smallest absolute Gasteiger partial charge is 0.227 e. The molecule has 27 heavy (non-hydrogen) atoms. The first-order valence-corrected chi connectivity index (χ1v) is 9.20. The van der Waals surface area contributed by atoms with Crippen LogP contribution >= 0.6 is 11.6 Å². The van der Waals surface area contributed by atoms with Crippen molar-refractivity contribution in [1.29, 1.82) is 0 Å². The SMILES string of the molecule is CN(C)C[C@@H]1OCCN(C(=O)Cc2cc(F)cc(Cl)c2)[C@H]1c1cnn(C)c1. The second kappa shape index (κ2) is 8.37. The summed E-state index contributed by atoms with van der Waals surface area (Å²) in [4.78, 5) is 16.9. The zero-order valence-electron chi connectivity index (χ0n) is 15.7. The summed E-state index contributed by atoms with van der Waals surface area (Å²) >= 11 is 5.93. The van der Waals surface area contributed by atoms with E-state index in [4.69, 9.17) is 16.3 Å². The quantitative estimate of drug-likeness (QED) is 0.780. The number of carbonyl (C=O) groups is 1. The van der Waals surface area contributed by atoms with Crippen molar-refractivity contribution >= 4 is 17.5 Å². The number of rotatable bonds is 5. The lowest BCUT2D eigenvalue weighted by atomic mass is 9.99. The van der Waals surface area contributed by atoms with E-state index < -0.39 is 5.82 Å². The van der Waals surface area contributed by atoms with Crippen molar-refractivity contribution in [3.05, 3.63) is 52.6 Å². The number of aryl methyl sites for hydroxylation is 1. The van der Waals surface area contributed by atoms with Crippen molar-refractivity contribution in [2.75, 3.05) is 33.8 Å². The number of halogens is 2. The summed E-state index contributed by atoms with van der Waals surface area (Å²) in [5.74, 6) is -0.529. The molecule has 0 saturated carbocycles. The third kappa shape index (κ3) is 4.86. The van der Waals surface area contributed by atoms with Gasteiger partial charge < -0.3 is 14.5 Å². The molecule has 1 aliphatic rings. The first-order chi connectivity index (χ1) is 12.8. The van der Waals surface area contributed by atoms with Crippen LogP contribution in [0.25, 0.3) is 0 Å². The van der Waals surface area contributed by atoms with Crippen LogP contribution in [0.5, 0.6) is 0 Å². The standard InChI is InChI=1S/C19H24ClFN4O2/c1-23(2)12-17-19(14-10-22-24(3)11-14)25(4-5-27-17)18(26)8-13-6-15(20)9-16(21)7-13/h6-7,9-11,17,19H,4-5,8,12H2,1-3H3/t17-,19-/m0/s1. The van der Waals surface area contributed by atoms with Crippen molar-refractivity contribution in [2.45, 2.75) is 18.6 Å². The predicted octanol–water partition coefficient (Wildman–Crippen LogP) is 2.29. The summed E-state index contributed by atoms with van der Waals surface area (Å²) in [6.07, 6.45) is 3.59. The van der Waals surface area contributed by atoms with Gasteiger partial charge in [-0.3, -0.25) is 9.48 Å². The Hall–Kier alpha value is -1.96. The van der Waals surface area contributed by atoms with Crippen molar-refractivity contribution in [3.63, 3.8) is 0 Å². The lowest BCUT2D eigenvalue weighted by Crippen LogP contribution is -2.51. The first-order valence-electron chi connectivity index (χ1n) is 8.83. The summed E-state index contributed by atoms with van der Waals surface area (Å²) < 4.78 is 21.3. The zero-order valence-corrected chi connectivity index (χ0v) is 16.5. The number of aromatic nitrogens is 2. The van der Waals surface area contributed by atoms with Gasteiger partial charge in [-0.1, -0.05) is 11.6 Å². The van der Waals surface area contributed by atoms with Crippen molar-refractivity contribution in [3.8, 4) is 0 Å². The van der Waals surface area contributed by atoms with Gasteiger partial charge in [0.25, 0.3) is 0 Å². The molecule has 0 radical (unpaired) electrons. The van der Waals surface area contributed by atoms with Gasteiger partial charge in [0.15, 0.2) is 0 Å². The van der Waals surface area contributed by atoms with Gasteiger partial charge in [0.1, 0.15) is 5.82 Å². The van der Waals surface area contributed by atoms with Crippen LogP contribution < -0.4 is 0 Å². The molecule has 0 bridgehead atoms. The zero-order chi connectivity index (χ0) is 19.6. The van der Waals surface area contributed by atoms with Gasteiger partial charge in [-0.25, -0.2) is 4.39 Å². The molecule has 6 nitrogen and oxygen atoms in total. The third-order valence-corrected chi connectivity index (χ3v) is 4.78. The van der Waals surface area contributed by atoms with Crippen LogP contribution in [0, 0.1) is 5.82 Å². The Morgan fingerprint density at radius 2 is 2.19 bits per heavy atom. The minimum absolute atomic E-state index is 0.0856. The second-order valence-electron chi connectivity index (χ2n) is 7.11. The normalized spacial score (nSPS) is 20.3. The number of carbonyl (C=O) groups excluding carboxylic acids is 1. The lowest BCUT2D eigenvalue weighted by Gasteiger charge is -2.42. The Labute approximate surface area is 163 Å². The third-order valence-electron chi connectivity index (χ3n) is 4.56. The molecule has 8 heteroatoms. The first kappa shape index (κ1) is 19.8. The number of morpholine rings is 1. The maximum absolute atomic E-state index is 13.6. The van der Waals surface area contributed by atoms with E-state index in [1.54, 1.807) is 16.9 Å². The molecule has 1 saturated heterocycles. The molecular weight excluding hydrogens is 371 g/mol. The van der Waals surface area contributed by atoms with Crippen LogP contribution in [-0.2, 0) is 23.0 Å². The van der Waals surface area contributed by atoms with E-state index in [1.165, 1.54) is 12.1 Å². The Balaban J connectivity index is 1.86. The van der Waals surface area contributed by atoms with E-state index in [0.717, 1.165) is 5.56 Å². The molecule has 1 aliphatic heterocycles. The highest BCUT2D eigenvalue weighted by Crippen LogP contribution is 2.30. The average Bonchev–Trinajstić information content (AvgIpc) is 2.99. The maximum Gasteiger partial charge on any atom is 0.227 e. The molecule has 2 aromatic rings. The van der Waals surface area contributed by atoms with Crippen molar-refractivity contribution < 1.29 is 13.9 Å². The summed E-state index contributed by atoms with van der Waals surface area (Å²) in [7, 11) is 5.79. The lowest BCUT2D eigenvalue weighted by molar-refractivity contribution is -0.147. The predicted molar refractivity (Wildman–Crippen MR) is 101 cm³/mol. The Bertz CT molecular complexity index is 791. The highest BCUT2D eigenvalue weighted by atomic mass is 35.5. The largest absolute Gasteiger partial charge is 0.373 e. The average molecular weight is 395 g/mol. The Kier molecular flexibility index (Phi) is 6.14. The van der Waals surface area contributed by atoms with Gasteiger partial charge in [-0.05, 0) is 37.9 Å². The van der Waals surface area contributed by atoms with Gasteiger partial charge >= 0.3 is 0 Å². The minimum atomic E-state index is -0.443. The number of nitrogens with zero attached hydrogens (tertiary/aromatic N) is 4. The molecule has 0 spiro atoms. The number of benzene rings is 1. The molecule has 1 amide bonds. The van der Waals surface area contributed by atoms with Crippen LogP contribution in [0.4, 0.5) is 4.39 Å². The van der Waals surface area contributed by atoms with Crippen LogP contribution in [0.2, 0.25) is 5.02 Å². The molecule has 0 N–H and O–H groups in total. The van der Waals surface area contributed by atoms with Gasteiger partial charge in [-0.15, -0.1) is 0 Å². The molecule has 1 fully saturated rings. The number of hydrogen-bond acceptors (Lipinski definition) is 4. The highest BCUT2D eigenvalue weighted by molar-refractivity contribution is 6.30. The maximum atomic E-state index is 13.6. The minimum Gasteiger partial charge on any atom is -0.373 e. The van der Waals surface area contributed by atoms with Gasteiger partial charge in [-0.2, -0.15) is 5.10 Å². The van der Waals surface area contributed by atoms with E-state index in [-0.39, 0.29) is 29.5 Å². The summed E-state index contributed by atoms with van der Waals surface area (Å²) in [6.45, 7) is 1.62. The molecule has 146 valence electrons. The number of likely N-dealkylation sites (N-methyl/N-ethyl adjacent to an activating group) is 1. The fraction of sp³-hybridized carbons (Fsp3) is 0.474. The number of hydrogen-bond donors (Lipinski definition) is 0. The van der Waals surface area contributed by atoms with Gasteiger partial charge in [0.05, 0.1) is 31.4 Å². The Morgan fingerprint density at radius 1 is 1.41 bits per heavy atom. The molecule has 1 aromatic carbocycles. The van der Waals surface area contributed by atoms with E-state index in [2.05, 4.69) is 5.10 Å². The van der Waals surface area contributed by atoms with Crippen LogP contribution in [0.3, 0.4) is 0 Å². The van der Waals surface area contributed by atoms with E-state index >= 15 is 0 Å². The highest BCUT2D eigenvalue weighted by Gasteiger charge is 2.37. The van der Waals surface area contributed by atoms with Crippen molar-refractivity contribution in [2.24, 2.45) is 7.05 Å². The molecule has 0 unspecified atom stereocenters. The van der Waals surface area contributed by atoms with E-state index in [1.807, 2.05) is 37.1 Å². The molecule has 2 heterocycles. The molecule has 0 aliphatic carbocycles. The van der Waals surface area contributed by atoms with E-state index in [0.29, 0.717) is 25.3 Å². The molecular formula is C19H24ClFN4O2. The van der Waals surface area contributed by atoms with Crippen LogP contribution in [0.15, 0.2) is 30.6 Å². The molecule has 1 aromatic heterocycles. The van der Waals surface area contributed by atoms with E-state index in [9.17, 15) is 9.18 Å².